The quantitative estimate of drug-likeness (QED) is 0.186. The van der Waals surface area contributed by atoms with Gasteiger partial charge in [0, 0.05) is 54.2 Å². The molecule has 8 aromatic rings. The molecule has 0 aliphatic rings. The Bertz CT molecular complexity index is 1780. The summed E-state index contributed by atoms with van der Waals surface area (Å²) in [6.07, 6.45) is 10.3. The van der Waals surface area contributed by atoms with Crippen LogP contribution < -0.4 is 0 Å². The molecule has 49 heavy (non-hydrogen) atoms. The summed E-state index contributed by atoms with van der Waals surface area (Å²) in [6.45, 7) is 0. The van der Waals surface area contributed by atoms with Crippen molar-refractivity contribution >= 4 is 0 Å². The summed E-state index contributed by atoms with van der Waals surface area (Å²) < 4.78 is 0. The fourth-order valence-corrected chi connectivity index (χ4v) is 4.41. The van der Waals surface area contributed by atoms with Crippen molar-refractivity contribution in [3.8, 4) is 69.1 Å². The van der Waals surface area contributed by atoms with E-state index in [-0.39, 0.29) is 17.1 Å². The molecular formula is C36H24FeN12. The van der Waals surface area contributed by atoms with Gasteiger partial charge in [-0.25, -0.2) is 29.9 Å². The van der Waals surface area contributed by atoms with Gasteiger partial charge in [0.1, 0.15) is 34.2 Å². The normalized spacial score (nSPS) is 10.3. The van der Waals surface area contributed by atoms with E-state index in [0.29, 0.717) is 69.1 Å². The maximum absolute atomic E-state index is 4.52. The first-order chi connectivity index (χ1) is 23.8. The second-order valence-electron chi connectivity index (χ2n) is 9.90. The average Bonchev–Trinajstić information content (AvgIpc) is 3.20. The van der Waals surface area contributed by atoms with Gasteiger partial charge in [0.15, 0.2) is 34.9 Å². The molecule has 8 aromatic heterocycles. The Morgan fingerprint density at radius 2 is 0.388 bits per heavy atom. The van der Waals surface area contributed by atoms with E-state index in [4.69, 9.17) is 0 Å². The molecule has 0 aliphatic carbocycles. The maximum Gasteiger partial charge on any atom is 0.182 e. The van der Waals surface area contributed by atoms with Crippen molar-refractivity contribution < 1.29 is 17.1 Å². The fourth-order valence-electron chi connectivity index (χ4n) is 4.41. The maximum atomic E-state index is 4.52. The minimum absolute atomic E-state index is 0. The van der Waals surface area contributed by atoms with Crippen LogP contribution in [0.3, 0.4) is 0 Å². The van der Waals surface area contributed by atoms with Crippen LogP contribution in [-0.2, 0) is 17.1 Å². The van der Waals surface area contributed by atoms with Crippen LogP contribution in [0.25, 0.3) is 69.1 Å². The first-order valence-corrected chi connectivity index (χ1v) is 14.8. The Balaban J connectivity index is 0.000000167. The molecule has 8 rings (SSSR count). The number of pyridine rings is 6. The molecule has 0 spiro atoms. The molecule has 0 atom stereocenters. The Morgan fingerprint density at radius 3 is 0.510 bits per heavy atom. The third-order valence-electron chi connectivity index (χ3n) is 6.63. The van der Waals surface area contributed by atoms with E-state index in [1.165, 1.54) is 0 Å². The van der Waals surface area contributed by atoms with Crippen LogP contribution in [0.1, 0.15) is 0 Å². The molecule has 13 heteroatoms. The van der Waals surface area contributed by atoms with Crippen molar-refractivity contribution in [2.75, 3.05) is 0 Å². The SMILES string of the molecule is [Fe].c1ccc(-c2nc(-c3ccccn3)nc(-c3ccccn3)n2)nc1.c1ccc(-c2nc(-c3ccccn3)nc(-c3ccccn3)n2)nc1. The minimum atomic E-state index is 0. The van der Waals surface area contributed by atoms with Crippen LogP contribution in [-0.4, -0.2) is 59.8 Å². The van der Waals surface area contributed by atoms with Gasteiger partial charge in [-0.3, -0.25) is 29.9 Å². The molecule has 0 amide bonds. The van der Waals surface area contributed by atoms with E-state index in [1.54, 1.807) is 37.2 Å². The largest absolute Gasteiger partial charge is 0.253 e. The Hall–Kier alpha value is -6.56. The Kier molecular flexibility index (Phi) is 10.5. The van der Waals surface area contributed by atoms with E-state index in [0.717, 1.165) is 0 Å². The number of hydrogen-bond donors (Lipinski definition) is 0. The van der Waals surface area contributed by atoms with Crippen LogP contribution in [0.5, 0.6) is 0 Å². The number of hydrogen-bond acceptors (Lipinski definition) is 12. The first-order valence-electron chi connectivity index (χ1n) is 14.8. The van der Waals surface area contributed by atoms with Gasteiger partial charge < -0.3 is 0 Å². The third-order valence-corrected chi connectivity index (χ3v) is 6.63. The molecule has 0 aliphatic heterocycles. The molecule has 0 fully saturated rings. The van der Waals surface area contributed by atoms with Gasteiger partial charge in [-0.05, 0) is 72.8 Å². The molecule has 0 radical (unpaired) electrons. The number of nitrogens with zero attached hydrogens (tertiary/aromatic N) is 12. The van der Waals surface area contributed by atoms with E-state index in [1.807, 2.05) is 109 Å². The van der Waals surface area contributed by atoms with Crippen LogP contribution >= 0.6 is 0 Å². The summed E-state index contributed by atoms with van der Waals surface area (Å²) in [5, 5.41) is 0. The molecule has 236 valence electrons. The van der Waals surface area contributed by atoms with Gasteiger partial charge in [0.25, 0.3) is 0 Å². The van der Waals surface area contributed by atoms with Gasteiger partial charge in [-0.15, -0.1) is 0 Å². The van der Waals surface area contributed by atoms with E-state index < -0.39 is 0 Å². The molecule has 12 nitrogen and oxygen atoms in total. The summed E-state index contributed by atoms with van der Waals surface area (Å²) >= 11 is 0. The summed E-state index contributed by atoms with van der Waals surface area (Å²) in [5.74, 6) is 2.96. The van der Waals surface area contributed by atoms with Crippen molar-refractivity contribution in [1.82, 2.24) is 59.8 Å². The topological polar surface area (TPSA) is 155 Å². The van der Waals surface area contributed by atoms with Gasteiger partial charge in [-0.1, -0.05) is 36.4 Å². The number of rotatable bonds is 6. The predicted octanol–water partition coefficient (Wildman–Crippen LogP) is 6.11. The summed E-state index contributed by atoms with van der Waals surface area (Å²) in [5.41, 5.74) is 4.05. The van der Waals surface area contributed by atoms with Crippen molar-refractivity contribution in [2.24, 2.45) is 0 Å². The summed E-state index contributed by atoms with van der Waals surface area (Å²) in [6, 6.07) is 33.6. The Morgan fingerprint density at radius 1 is 0.224 bits per heavy atom. The monoisotopic (exact) mass is 680 g/mol. The van der Waals surface area contributed by atoms with Crippen molar-refractivity contribution in [3.05, 3.63) is 146 Å². The molecule has 0 unspecified atom stereocenters. The second-order valence-corrected chi connectivity index (χ2v) is 9.90. The fraction of sp³-hybridized carbons (Fsp3) is 0. The summed E-state index contributed by atoms with van der Waals surface area (Å²) in [4.78, 5) is 53.1. The van der Waals surface area contributed by atoms with E-state index >= 15 is 0 Å². The zero-order valence-corrected chi connectivity index (χ0v) is 26.7. The average molecular weight is 681 g/mol. The molecule has 0 aromatic carbocycles. The smallest absolute Gasteiger partial charge is 0.182 e. The Labute approximate surface area is 291 Å². The van der Waals surface area contributed by atoms with Crippen LogP contribution in [0, 0.1) is 0 Å². The molecule has 8 heterocycles. The van der Waals surface area contributed by atoms with Crippen LogP contribution in [0.15, 0.2) is 146 Å². The van der Waals surface area contributed by atoms with Gasteiger partial charge in [0.05, 0.1) is 0 Å². The molecule has 0 N–H and O–H groups in total. The third kappa shape index (κ3) is 8.06. The molecular weight excluding hydrogens is 656 g/mol. The van der Waals surface area contributed by atoms with Crippen molar-refractivity contribution in [2.45, 2.75) is 0 Å². The minimum Gasteiger partial charge on any atom is -0.253 e. The van der Waals surface area contributed by atoms with Gasteiger partial charge in [-0.2, -0.15) is 0 Å². The predicted molar refractivity (Wildman–Crippen MR) is 179 cm³/mol. The summed E-state index contributed by atoms with van der Waals surface area (Å²) in [7, 11) is 0. The number of aromatic nitrogens is 12. The van der Waals surface area contributed by atoms with Crippen molar-refractivity contribution in [1.29, 1.82) is 0 Å². The van der Waals surface area contributed by atoms with Gasteiger partial charge in [0.2, 0.25) is 0 Å². The molecule has 0 saturated carbocycles. The molecule has 0 saturated heterocycles. The standard InChI is InChI=1S/2C18H12N6.Fe/c2*1-4-10-19-13(7-1)16-22-17(14-8-2-5-11-20-14)24-18(23-16)15-9-3-6-12-21-15;/h2*1-12H;. The zero-order chi connectivity index (χ0) is 32.4. The first kappa shape index (κ1) is 32.4. The second kappa shape index (κ2) is 15.8. The van der Waals surface area contributed by atoms with Crippen LogP contribution in [0.2, 0.25) is 0 Å². The zero-order valence-electron chi connectivity index (χ0n) is 25.6. The van der Waals surface area contributed by atoms with Crippen LogP contribution in [0.4, 0.5) is 0 Å². The van der Waals surface area contributed by atoms with Crippen molar-refractivity contribution in [3.63, 3.8) is 0 Å². The van der Waals surface area contributed by atoms with E-state index in [9.17, 15) is 0 Å². The van der Waals surface area contributed by atoms with E-state index in [2.05, 4.69) is 59.8 Å². The van der Waals surface area contributed by atoms with Gasteiger partial charge >= 0.3 is 0 Å². The molecule has 0 bridgehead atoms.